The molecule has 0 fully saturated rings. The number of thiophene rings is 1. The van der Waals surface area contributed by atoms with E-state index in [4.69, 9.17) is 0 Å². The Kier molecular flexibility index (Phi) is 4.06. The molecule has 0 spiro atoms. The number of benzene rings is 3. The molecule has 3 aromatic carbocycles. The Labute approximate surface area is 166 Å². The number of hydrogen-bond acceptors (Lipinski definition) is 3. The first-order chi connectivity index (χ1) is 13.7. The summed E-state index contributed by atoms with van der Waals surface area (Å²) in [6, 6.07) is 22.8. The molecule has 0 unspecified atom stereocenters. The van der Waals surface area contributed by atoms with Crippen molar-refractivity contribution in [1.29, 1.82) is 0 Å². The number of hydrogen-bond donors (Lipinski definition) is 0. The fourth-order valence-corrected chi connectivity index (χ4v) is 4.53. The first-order valence-corrected chi connectivity index (χ1v) is 10.1. The van der Waals surface area contributed by atoms with Crippen LogP contribution in [-0.4, -0.2) is 9.55 Å². The van der Waals surface area contributed by atoms with Crippen molar-refractivity contribution in [2.75, 3.05) is 0 Å². The van der Waals surface area contributed by atoms with Crippen LogP contribution in [0, 0.1) is 6.92 Å². The number of aromatic nitrogens is 2. The SMILES string of the molecule is Cc1ccccc1Cn1cnc2scc(-c3ccc4ccccc4c3)c2c1=O. The standard InChI is InChI=1S/C24H18N2OS/c1-16-6-2-3-9-20(16)13-26-15-25-23-22(24(26)27)21(14-28-23)19-11-10-17-7-4-5-8-18(17)12-19/h2-12,14-15H,13H2,1H3. The topological polar surface area (TPSA) is 34.9 Å². The molecule has 0 saturated heterocycles. The molecule has 0 radical (unpaired) electrons. The molecular formula is C24H18N2OS. The van der Waals surface area contributed by atoms with Crippen LogP contribution in [0.1, 0.15) is 11.1 Å². The van der Waals surface area contributed by atoms with E-state index in [1.807, 2.05) is 29.6 Å². The molecule has 0 aliphatic heterocycles. The van der Waals surface area contributed by atoms with Crippen molar-refractivity contribution in [2.45, 2.75) is 13.5 Å². The molecule has 0 atom stereocenters. The summed E-state index contributed by atoms with van der Waals surface area (Å²) in [6.45, 7) is 2.60. The Balaban J connectivity index is 1.66. The Morgan fingerprint density at radius 2 is 1.75 bits per heavy atom. The highest BCUT2D eigenvalue weighted by molar-refractivity contribution is 7.17. The normalized spacial score (nSPS) is 11.3. The molecule has 2 heterocycles. The van der Waals surface area contributed by atoms with Crippen LogP contribution in [-0.2, 0) is 6.54 Å². The van der Waals surface area contributed by atoms with Gasteiger partial charge in [0.05, 0.1) is 18.3 Å². The minimum Gasteiger partial charge on any atom is -0.294 e. The molecule has 3 nitrogen and oxygen atoms in total. The lowest BCUT2D eigenvalue weighted by Gasteiger charge is -2.09. The fraction of sp³-hybridized carbons (Fsp3) is 0.0833. The molecule has 28 heavy (non-hydrogen) atoms. The van der Waals surface area contributed by atoms with Crippen LogP contribution in [0.15, 0.2) is 83.2 Å². The van der Waals surface area contributed by atoms with E-state index in [2.05, 4.69) is 54.4 Å². The highest BCUT2D eigenvalue weighted by Crippen LogP contribution is 2.32. The van der Waals surface area contributed by atoms with Crippen molar-refractivity contribution in [3.63, 3.8) is 0 Å². The van der Waals surface area contributed by atoms with Gasteiger partial charge in [-0.15, -0.1) is 11.3 Å². The summed E-state index contributed by atoms with van der Waals surface area (Å²) >= 11 is 1.52. The lowest BCUT2D eigenvalue weighted by molar-refractivity contribution is 0.745. The van der Waals surface area contributed by atoms with E-state index in [-0.39, 0.29) is 5.56 Å². The predicted octanol–water partition coefficient (Wildman–Crippen LogP) is 5.63. The van der Waals surface area contributed by atoms with Crippen molar-refractivity contribution in [3.05, 3.63) is 99.9 Å². The van der Waals surface area contributed by atoms with Gasteiger partial charge in [0.2, 0.25) is 0 Å². The summed E-state index contributed by atoms with van der Waals surface area (Å²) < 4.78 is 1.71. The molecule has 136 valence electrons. The Hall–Kier alpha value is -3.24. The zero-order valence-corrected chi connectivity index (χ0v) is 16.2. The van der Waals surface area contributed by atoms with E-state index in [1.54, 1.807) is 10.9 Å². The lowest BCUT2D eigenvalue weighted by atomic mass is 10.0. The van der Waals surface area contributed by atoms with E-state index in [9.17, 15) is 4.79 Å². The van der Waals surface area contributed by atoms with Gasteiger partial charge in [-0.3, -0.25) is 9.36 Å². The summed E-state index contributed by atoms with van der Waals surface area (Å²) in [7, 11) is 0. The highest BCUT2D eigenvalue weighted by Gasteiger charge is 2.14. The van der Waals surface area contributed by atoms with E-state index < -0.39 is 0 Å². The minimum atomic E-state index is 0.0117. The van der Waals surface area contributed by atoms with Gasteiger partial charge in [-0.05, 0) is 40.5 Å². The average Bonchev–Trinajstić information content (AvgIpc) is 3.16. The smallest absolute Gasteiger partial charge is 0.263 e. The highest BCUT2D eigenvalue weighted by atomic mass is 32.1. The maximum absolute atomic E-state index is 13.3. The van der Waals surface area contributed by atoms with Crippen LogP contribution in [0.3, 0.4) is 0 Å². The maximum atomic E-state index is 13.3. The van der Waals surface area contributed by atoms with E-state index in [1.165, 1.54) is 27.7 Å². The van der Waals surface area contributed by atoms with Gasteiger partial charge in [-0.25, -0.2) is 4.98 Å². The molecule has 5 rings (SSSR count). The van der Waals surface area contributed by atoms with Gasteiger partial charge in [0.1, 0.15) is 4.83 Å². The molecule has 5 aromatic rings. The molecule has 0 saturated carbocycles. The largest absolute Gasteiger partial charge is 0.294 e. The van der Waals surface area contributed by atoms with Gasteiger partial charge in [-0.1, -0.05) is 60.7 Å². The van der Waals surface area contributed by atoms with Crippen LogP contribution in [0.25, 0.3) is 32.1 Å². The van der Waals surface area contributed by atoms with E-state index >= 15 is 0 Å². The molecule has 0 N–H and O–H groups in total. The molecular weight excluding hydrogens is 364 g/mol. The summed E-state index contributed by atoms with van der Waals surface area (Å²) in [5.74, 6) is 0. The van der Waals surface area contributed by atoms with E-state index in [0.29, 0.717) is 11.9 Å². The summed E-state index contributed by atoms with van der Waals surface area (Å²) in [5.41, 5.74) is 4.33. The van der Waals surface area contributed by atoms with Crippen molar-refractivity contribution >= 4 is 32.3 Å². The second-order valence-corrected chi connectivity index (χ2v) is 7.85. The maximum Gasteiger partial charge on any atom is 0.263 e. The van der Waals surface area contributed by atoms with Gasteiger partial charge in [-0.2, -0.15) is 0 Å². The third-order valence-corrected chi connectivity index (χ3v) is 6.11. The van der Waals surface area contributed by atoms with E-state index in [0.717, 1.165) is 21.5 Å². The molecule has 4 heteroatoms. The van der Waals surface area contributed by atoms with Gasteiger partial charge >= 0.3 is 0 Å². The van der Waals surface area contributed by atoms with Crippen molar-refractivity contribution in [3.8, 4) is 11.1 Å². The molecule has 0 aliphatic carbocycles. The Morgan fingerprint density at radius 1 is 0.964 bits per heavy atom. The molecule has 0 bridgehead atoms. The lowest BCUT2D eigenvalue weighted by Crippen LogP contribution is -2.21. The number of nitrogens with zero attached hydrogens (tertiary/aromatic N) is 2. The number of aryl methyl sites for hydroxylation is 1. The predicted molar refractivity (Wildman–Crippen MR) is 117 cm³/mol. The van der Waals surface area contributed by atoms with Gasteiger partial charge in [0, 0.05) is 10.9 Å². The van der Waals surface area contributed by atoms with Crippen LogP contribution < -0.4 is 5.56 Å². The minimum absolute atomic E-state index is 0.0117. The van der Waals surface area contributed by atoms with Crippen molar-refractivity contribution < 1.29 is 0 Å². The van der Waals surface area contributed by atoms with Crippen LogP contribution in [0.2, 0.25) is 0 Å². The number of rotatable bonds is 3. The van der Waals surface area contributed by atoms with Crippen LogP contribution >= 0.6 is 11.3 Å². The van der Waals surface area contributed by atoms with Gasteiger partial charge < -0.3 is 0 Å². The number of fused-ring (bicyclic) bond motifs is 2. The van der Waals surface area contributed by atoms with Gasteiger partial charge in [0.15, 0.2) is 0 Å². The first-order valence-electron chi connectivity index (χ1n) is 9.21. The van der Waals surface area contributed by atoms with Crippen molar-refractivity contribution in [2.24, 2.45) is 0 Å². The second kappa shape index (κ2) is 6.73. The third-order valence-electron chi connectivity index (χ3n) is 5.22. The third kappa shape index (κ3) is 2.83. The summed E-state index contributed by atoms with van der Waals surface area (Å²) in [4.78, 5) is 18.6. The molecule has 0 amide bonds. The Morgan fingerprint density at radius 3 is 2.61 bits per heavy atom. The fourth-order valence-electron chi connectivity index (χ4n) is 3.62. The van der Waals surface area contributed by atoms with Crippen molar-refractivity contribution in [1.82, 2.24) is 9.55 Å². The molecule has 2 aromatic heterocycles. The zero-order valence-electron chi connectivity index (χ0n) is 15.4. The molecule has 0 aliphatic rings. The van der Waals surface area contributed by atoms with Crippen LogP contribution in [0.4, 0.5) is 0 Å². The average molecular weight is 382 g/mol. The Bertz CT molecular complexity index is 1380. The second-order valence-electron chi connectivity index (χ2n) is 7.00. The monoisotopic (exact) mass is 382 g/mol. The quantitative estimate of drug-likeness (QED) is 0.405. The summed E-state index contributed by atoms with van der Waals surface area (Å²) in [5, 5.41) is 5.11. The summed E-state index contributed by atoms with van der Waals surface area (Å²) in [6.07, 6.45) is 1.66. The first kappa shape index (κ1) is 16.9. The van der Waals surface area contributed by atoms with Crippen LogP contribution in [0.5, 0.6) is 0 Å². The zero-order chi connectivity index (χ0) is 19.1. The van der Waals surface area contributed by atoms with Gasteiger partial charge in [0.25, 0.3) is 5.56 Å².